The summed E-state index contributed by atoms with van der Waals surface area (Å²) in [4.78, 5) is 0. The second kappa shape index (κ2) is 8.74. The van der Waals surface area contributed by atoms with Crippen molar-refractivity contribution in [2.75, 3.05) is 6.61 Å². The lowest BCUT2D eigenvalue weighted by Crippen LogP contribution is -2.45. The number of aliphatic hydroxyl groups excluding tert-OH is 2. The number of hydrogen-bond acceptors (Lipinski definition) is 2. The van der Waals surface area contributed by atoms with E-state index in [1.165, 1.54) is 63.4 Å². The van der Waals surface area contributed by atoms with Crippen LogP contribution in [0.2, 0.25) is 0 Å². The van der Waals surface area contributed by atoms with Crippen LogP contribution < -0.4 is 0 Å². The van der Waals surface area contributed by atoms with Crippen LogP contribution in [-0.4, -0.2) is 22.9 Å². The van der Waals surface area contributed by atoms with Crippen LogP contribution >= 0.6 is 0 Å². The van der Waals surface area contributed by atoms with Gasteiger partial charge in [-0.2, -0.15) is 0 Å². The summed E-state index contributed by atoms with van der Waals surface area (Å²) in [6.07, 6.45) is 17.0. The lowest BCUT2D eigenvalue weighted by Gasteiger charge is -2.55. The third kappa shape index (κ3) is 3.85. The Morgan fingerprint density at radius 2 is 1.93 bits per heavy atom. The molecule has 0 bridgehead atoms. The number of aliphatic hydroxyl groups is 2. The van der Waals surface area contributed by atoms with E-state index in [4.69, 9.17) is 5.11 Å². The van der Waals surface area contributed by atoms with E-state index in [-0.39, 0.29) is 12.7 Å². The van der Waals surface area contributed by atoms with E-state index < -0.39 is 0 Å². The zero-order chi connectivity index (χ0) is 21.5. The Labute approximate surface area is 185 Å². The van der Waals surface area contributed by atoms with E-state index in [1.54, 1.807) is 0 Å². The molecule has 4 aliphatic rings. The van der Waals surface area contributed by atoms with E-state index in [2.05, 4.69) is 33.8 Å². The van der Waals surface area contributed by atoms with Gasteiger partial charge in [0.2, 0.25) is 0 Å². The van der Waals surface area contributed by atoms with Crippen LogP contribution in [0, 0.1) is 34.5 Å². The van der Waals surface area contributed by atoms with E-state index in [0.717, 1.165) is 42.9 Å². The second-order valence-corrected chi connectivity index (χ2v) is 11.9. The summed E-state index contributed by atoms with van der Waals surface area (Å²) in [5, 5.41) is 19.4. The lowest BCUT2D eigenvalue weighted by molar-refractivity contribution is 0.0133. The molecule has 4 rings (SSSR count). The van der Waals surface area contributed by atoms with E-state index in [9.17, 15) is 5.11 Å². The molecule has 2 heteroatoms. The van der Waals surface area contributed by atoms with Gasteiger partial charge >= 0.3 is 0 Å². The van der Waals surface area contributed by atoms with Crippen molar-refractivity contribution in [3.63, 3.8) is 0 Å². The summed E-state index contributed by atoms with van der Waals surface area (Å²) in [6, 6.07) is 0. The molecule has 2 N–H and O–H groups in total. The van der Waals surface area contributed by atoms with Crippen molar-refractivity contribution < 1.29 is 10.2 Å². The van der Waals surface area contributed by atoms with Crippen LogP contribution in [0.5, 0.6) is 0 Å². The summed E-state index contributed by atoms with van der Waals surface area (Å²) in [6.45, 7) is 10.1. The summed E-state index contributed by atoms with van der Waals surface area (Å²) in [5.74, 6) is 3.19. The van der Waals surface area contributed by atoms with Gasteiger partial charge in [0.1, 0.15) is 0 Å². The van der Waals surface area contributed by atoms with Gasteiger partial charge in [-0.15, -0.1) is 0 Å². The summed E-state index contributed by atoms with van der Waals surface area (Å²) < 4.78 is 0. The van der Waals surface area contributed by atoms with Crippen molar-refractivity contribution in [1.82, 2.24) is 0 Å². The SMILES string of the molecule is CC(=CCC[C@@H](C)[C@H]1CC[C@H]2C3=C(CC[C@]12C)[C@@]1(C)CC[C@H](O)C[C@@H]1CC3)CCO. The van der Waals surface area contributed by atoms with Crippen LogP contribution in [0.15, 0.2) is 22.8 Å². The molecule has 0 spiro atoms. The van der Waals surface area contributed by atoms with Crippen molar-refractivity contribution >= 4 is 0 Å². The standard InChI is InChI=1S/C28H46O2/c1-19(14-17-29)6-5-7-20(2)24-10-11-25-23-9-8-21-18-22(30)12-15-27(21,3)26(23)13-16-28(24,25)4/h6,20-22,24-25,29-30H,5,7-18H2,1-4H3/t20-,21+,22+,24-,25+,27+,28-/m1/s1. The Morgan fingerprint density at radius 1 is 1.13 bits per heavy atom. The highest BCUT2D eigenvalue weighted by atomic mass is 16.3. The normalized spacial score (nSPS) is 42.5. The Kier molecular flexibility index (Phi) is 6.58. The van der Waals surface area contributed by atoms with Crippen LogP contribution in [0.1, 0.15) is 105 Å². The van der Waals surface area contributed by atoms with Gasteiger partial charge in [0.25, 0.3) is 0 Å². The molecule has 0 aliphatic heterocycles. The molecule has 4 aliphatic carbocycles. The minimum absolute atomic E-state index is 0.0501. The average molecular weight is 415 g/mol. The van der Waals surface area contributed by atoms with Gasteiger partial charge in [-0.3, -0.25) is 0 Å². The number of allylic oxidation sites excluding steroid dienone is 3. The maximum absolute atomic E-state index is 10.2. The van der Waals surface area contributed by atoms with Crippen LogP contribution in [-0.2, 0) is 0 Å². The number of fused-ring (bicyclic) bond motifs is 4. The molecular formula is C28H46O2. The predicted octanol–water partition coefficient (Wildman–Crippen LogP) is 6.82. The molecule has 0 saturated heterocycles. The first-order valence-corrected chi connectivity index (χ1v) is 13.0. The smallest absolute Gasteiger partial charge is 0.0543 e. The van der Waals surface area contributed by atoms with Crippen molar-refractivity contribution in [1.29, 1.82) is 0 Å². The van der Waals surface area contributed by atoms with Crippen molar-refractivity contribution in [3.05, 3.63) is 22.8 Å². The third-order valence-corrected chi connectivity index (χ3v) is 10.3. The monoisotopic (exact) mass is 414 g/mol. The van der Waals surface area contributed by atoms with Crippen molar-refractivity contribution in [3.8, 4) is 0 Å². The molecule has 170 valence electrons. The highest BCUT2D eigenvalue weighted by molar-refractivity contribution is 5.34. The molecule has 0 aromatic heterocycles. The molecule has 0 radical (unpaired) electrons. The first-order chi connectivity index (χ1) is 14.3. The quantitative estimate of drug-likeness (QED) is 0.468. The fourth-order valence-corrected chi connectivity index (χ4v) is 8.49. The van der Waals surface area contributed by atoms with E-state index in [0.29, 0.717) is 10.8 Å². The maximum atomic E-state index is 10.2. The first kappa shape index (κ1) is 22.6. The van der Waals surface area contributed by atoms with Gasteiger partial charge in [0.05, 0.1) is 6.10 Å². The summed E-state index contributed by atoms with van der Waals surface area (Å²) in [5.41, 5.74) is 5.96. The fourth-order valence-electron chi connectivity index (χ4n) is 8.49. The molecular weight excluding hydrogens is 368 g/mol. The molecule has 0 aromatic carbocycles. The van der Waals surface area contributed by atoms with Gasteiger partial charge in [-0.05, 0) is 118 Å². The minimum atomic E-state index is -0.0501. The number of rotatable bonds is 6. The van der Waals surface area contributed by atoms with Gasteiger partial charge in [0, 0.05) is 6.61 Å². The van der Waals surface area contributed by atoms with Crippen LogP contribution in [0.25, 0.3) is 0 Å². The maximum Gasteiger partial charge on any atom is 0.0543 e. The Morgan fingerprint density at radius 3 is 2.70 bits per heavy atom. The van der Waals surface area contributed by atoms with Crippen LogP contribution in [0.4, 0.5) is 0 Å². The first-order valence-electron chi connectivity index (χ1n) is 13.0. The summed E-state index contributed by atoms with van der Waals surface area (Å²) >= 11 is 0. The highest BCUT2D eigenvalue weighted by Gasteiger charge is 2.55. The summed E-state index contributed by atoms with van der Waals surface area (Å²) in [7, 11) is 0. The Bertz CT molecular complexity index is 691. The second-order valence-electron chi connectivity index (χ2n) is 11.9. The van der Waals surface area contributed by atoms with Crippen molar-refractivity contribution in [2.45, 2.75) is 111 Å². The molecule has 0 unspecified atom stereocenters. The average Bonchev–Trinajstić information content (AvgIpc) is 3.06. The van der Waals surface area contributed by atoms with E-state index >= 15 is 0 Å². The van der Waals surface area contributed by atoms with Gasteiger partial charge in [-0.25, -0.2) is 0 Å². The minimum Gasteiger partial charge on any atom is -0.396 e. The number of hydrogen-bond donors (Lipinski definition) is 2. The fraction of sp³-hybridized carbons (Fsp3) is 0.857. The Hall–Kier alpha value is -0.600. The molecule has 30 heavy (non-hydrogen) atoms. The molecule has 0 aromatic rings. The molecule has 2 saturated carbocycles. The van der Waals surface area contributed by atoms with Gasteiger partial charge in [-0.1, -0.05) is 43.6 Å². The van der Waals surface area contributed by atoms with Crippen LogP contribution in [0.3, 0.4) is 0 Å². The zero-order valence-corrected chi connectivity index (χ0v) is 20.1. The molecule has 2 nitrogen and oxygen atoms in total. The zero-order valence-electron chi connectivity index (χ0n) is 20.1. The van der Waals surface area contributed by atoms with Crippen molar-refractivity contribution in [2.24, 2.45) is 34.5 Å². The van der Waals surface area contributed by atoms with E-state index in [1.807, 2.05) is 11.1 Å². The van der Waals surface area contributed by atoms with Gasteiger partial charge < -0.3 is 10.2 Å². The van der Waals surface area contributed by atoms with Gasteiger partial charge in [0.15, 0.2) is 0 Å². The topological polar surface area (TPSA) is 40.5 Å². The molecule has 0 heterocycles. The largest absolute Gasteiger partial charge is 0.396 e. The third-order valence-electron chi connectivity index (χ3n) is 10.3. The molecule has 7 atom stereocenters. The predicted molar refractivity (Wildman–Crippen MR) is 125 cm³/mol. The molecule has 2 fully saturated rings. The highest BCUT2D eigenvalue weighted by Crippen LogP contribution is 2.65. The molecule has 0 amide bonds. The lowest BCUT2D eigenvalue weighted by atomic mass is 9.50. The Balaban J connectivity index is 1.48.